The van der Waals surface area contributed by atoms with Crippen LogP contribution < -0.4 is 10.6 Å². The molecule has 3 N–H and O–H groups in total. The molecule has 1 unspecified atom stereocenters. The Morgan fingerprint density at radius 1 is 1.40 bits per heavy atom. The number of amides is 2. The van der Waals surface area contributed by atoms with Gasteiger partial charge in [0.2, 0.25) is 0 Å². The number of carbonyl (C=O) groups excluding carboxylic acids is 1. The number of carboxylic acids is 1. The second-order valence-electron chi connectivity index (χ2n) is 5.62. The number of carboxylic acid groups (broad SMARTS) is 1. The molecule has 1 rings (SSSR count). The van der Waals surface area contributed by atoms with E-state index in [9.17, 15) is 14.7 Å². The minimum Gasteiger partial charge on any atom is -0.480 e. The van der Waals surface area contributed by atoms with Crippen LogP contribution in [0.4, 0.5) is 4.79 Å². The molecular weight excluding hydrogens is 276 g/mol. The molecule has 6 heteroatoms. The van der Waals surface area contributed by atoms with Gasteiger partial charge in [0.25, 0.3) is 0 Å². The highest BCUT2D eigenvalue weighted by Crippen LogP contribution is 2.33. The van der Waals surface area contributed by atoms with Gasteiger partial charge < -0.3 is 15.7 Å². The Morgan fingerprint density at radius 2 is 2.00 bits per heavy atom. The van der Waals surface area contributed by atoms with Crippen molar-refractivity contribution in [1.29, 1.82) is 0 Å². The number of carbonyl (C=O) groups is 2. The van der Waals surface area contributed by atoms with Crippen molar-refractivity contribution in [1.82, 2.24) is 10.6 Å². The number of rotatable bonds is 6. The van der Waals surface area contributed by atoms with Crippen molar-refractivity contribution in [3.63, 3.8) is 0 Å². The highest BCUT2D eigenvalue weighted by molar-refractivity contribution is 7.99. The van der Waals surface area contributed by atoms with E-state index in [-0.39, 0.29) is 6.03 Å². The van der Waals surface area contributed by atoms with Crippen molar-refractivity contribution < 1.29 is 14.7 Å². The first kappa shape index (κ1) is 17.1. The third-order valence-corrected chi connectivity index (χ3v) is 5.22. The molecule has 20 heavy (non-hydrogen) atoms. The average Bonchev–Trinajstić information content (AvgIpc) is 2.45. The summed E-state index contributed by atoms with van der Waals surface area (Å²) in [6.45, 7) is 4.69. The molecule has 1 atom stereocenters. The molecule has 0 aromatic heterocycles. The predicted molar refractivity (Wildman–Crippen MR) is 82.1 cm³/mol. The molecule has 5 nitrogen and oxygen atoms in total. The van der Waals surface area contributed by atoms with Crippen molar-refractivity contribution in [2.24, 2.45) is 5.92 Å². The Bertz CT molecular complexity index is 341. The summed E-state index contributed by atoms with van der Waals surface area (Å²) in [5.41, 5.74) is -1.08. The molecule has 0 radical (unpaired) electrons. The fourth-order valence-electron chi connectivity index (χ4n) is 2.55. The van der Waals surface area contributed by atoms with Gasteiger partial charge in [-0.2, -0.15) is 11.8 Å². The summed E-state index contributed by atoms with van der Waals surface area (Å²) in [5.74, 6) is -0.330. The largest absolute Gasteiger partial charge is 0.480 e. The van der Waals surface area contributed by atoms with E-state index in [4.69, 9.17) is 0 Å². The Labute approximate surface area is 125 Å². The van der Waals surface area contributed by atoms with Crippen LogP contribution >= 0.6 is 11.8 Å². The fraction of sp³-hybridized carbons (Fsp3) is 0.857. The quantitative estimate of drug-likeness (QED) is 0.704. The normalized spacial score (nSPS) is 27.6. The number of aliphatic carboxylic acids is 1. The SMILES string of the molecule is CCC1CCC(NC(=O)NCC(C)SC)(C(=O)O)CC1. The Morgan fingerprint density at radius 3 is 2.45 bits per heavy atom. The molecule has 2 amide bonds. The maximum absolute atomic E-state index is 11.9. The number of nitrogens with one attached hydrogen (secondary N) is 2. The minimum absolute atomic E-state index is 0.317. The van der Waals surface area contributed by atoms with Gasteiger partial charge in [-0.15, -0.1) is 0 Å². The van der Waals surface area contributed by atoms with Gasteiger partial charge in [-0.05, 0) is 37.9 Å². The van der Waals surface area contributed by atoms with Crippen LogP contribution in [0.1, 0.15) is 46.0 Å². The molecule has 116 valence electrons. The van der Waals surface area contributed by atoms with Gasteiger partial charge in [-0.1, -0.05) is 20.3 Å². The molecule has 0 heterocycles. The lowest BCUT2D eigenvalue weighted by Gasteiger charge is -2.37. The highest BCUT2D eigenvalue weighted by Gasteiger charge is 2.42. The van der Waals surface area contributed by atoms with Crippen LogP contribution in [0.15, 0.2) is 0 Å². The van der Waals surface area contributed by atoms with Crippen molar-refractivity contribution >= 4 is 23.8 Å². The first-order valence-corrected chi connectivity index (χ1v) is 8.54. The van der Waals surface area contributed by atoms with Gasteiger partial charge in [0, 0.05) is 11.8 Å². The van der Waals surface area contributed by atoms with Crippen LogP contribution in [0.3, 0.4) is 0 Å². The van der Waals surface area contributed by atoms with Gasteiger partial charge in [-0.25, -0.2) is 9.59 Å². The summed E-state index contributed by atoms with van der Waals surface area (Å²) in [4.78, 5) is 23.5. The zero-order valence-electron chi connectivity index (χ0n) is 12.6. The van der Waals surface area contributed by atoms with Gasteiger partial charge in [-0.3, -0.25) is 0 Å². The first-order chi connectivity index (χ1) is 9.43. The average molecular weight is 302 g/mol. The van der Waals surface area contributed by atoms with E-state index in [0.717, 1.165) is 19.3 Å². The van der Waals surface area contributed by atoms with Gasteiger partial charge in [0.05, 0.1) is 0 Å². The van der Waals surface area contributed by atoms with E-state index in [1.165, 1.54) is 0 Å². The molecule has 0 aliphatic heterocycles. The maximum Gasteiger partial charge on any atom is 0.329 e. The summed E-state index contributed by atoms with van der Waals surface area (Å²) in [5, 5.41) is 15.2. The van der Waals surface area contributed by atoms with E-state index in [2.05, 4.69) is 17.6 Å². The molecule has 0 spiro atoms. The van der Waals surface area contributed by atoms with Crippen molar-refractivity contribution in [3.05, 3.63) is 0 Å². The van der Waals surface area contributed by atoms with Crippen LogP contribution in [0.25, 0.3) is 0 Å². The lowest BCUT2D eigenvalue weighted by molar-refractivity contribution is -0.146. The summed E-state index contributed by atoms with van der Waals surface area (Å²) in [6, 6.07) is -0.372. The van der Waals surface area contributed by atoms with Crippen molar-refractivity contribution in [3.8, 4) is 0 Å². The highest BCUT2D eigenvalue weighted by atomic mass is 32.2. The molecule has 0 aromatic carbocycles. The molecular formula is C14H26N2O3S. The van der Waals surface area contributed by atoms with E-state index < -0.39 is 11.5 Å². The van der Waals surface area contributed by atoms with Crippen LogP contribution in [0.5, 0.6) is 0 Å². The van der Waals surface area contributed by atoms with E-state index in [1.807, 2.05) is 13.2 Å². The number of hydrogen-bond donors (Lipinski definition) is 3. The van der Waals surface area contributed by atoms with E-state index in [0.29, 0.717) is 30.6 Å². The first-order valence-electron chi connectivity index (χ1n) is 7.25. The molecule has 1 fully saturated rings. The number of thioether (sulfide) groups is 1. The lowest BCUT2D eigenvalue weighted by Crippen LogP contribution is -2.59. The zero-order chi connectivity index (χ0) is 15.2. The van der Waals surface area contributed by atoms with Gasteiger partial charge in [0.15, 0.2) is 0 Å². The number of hydrogen-bond acceptors (Lipinski definition) is 3. The third kappa shape index (κ3) is 4.58. The molecule has 1 aliphatic rings. The van der Waals surface area contributed by atoms with Gasteiger partial charge in [0.1, 0.15) is 5.54 Å². The van der Waals surface area contributed by atoms with Crippen LogP contribution in [-0.2, 0) is 4.79 Å². The Kier molecular flexibility index (Phi) is 6.65. The minimum atomic E-state index is -1.08. The van der Waals surface area contributed by atoms with Crippen molar-refractivity contribution in [2.75, 3.05) is 12.8 Å². The number of urea groups is 1. The monoisotopic (exact) mass is 302 g/mol. The van der Waals surface area contributed by atoms with Crippen LogP contribution in [0, 0.1) is 5.92 Å². The molecule has 0 saturated heterocycles. The van der Waals surface area contributed by atoms with Crippen molar-refractivity contribution in [2.45, 2.75) is 56.7 Å². The Balaban J connectivity index is 2.55. The molecule has 1 aliphatic carbocycles. The van der Waals surface area contributed by atoms with Gasteiger partial charge >= 0.3 is 12.0 Å². The summed E-state index contributed by atoms with van der Waals surface area (Å²) in [6.07, 6.45) is 5.83. The summed E-state index contributed by atoms with van der Waals surface area (Å²) < 4.78 is 0. The molecule has 1 saturated carbocycles. The summed E-state index contributed by atoms with van der Waals surface area (Å²) >= 11 is 1.66. The molecule has 0 aromatic rings. The second kappa shape index (κ2) is 7.76. The second-order valence-corrected chi connectivity index (χ2v) is 6.90. The Hall–Kier alpha value is -0.910. The standard InChI is InChI=1S/C14H26N2O3S/c1-4-11-5-7-14(8-6-11,12(17)18)16-13(19)15-9-10(2)20-3/h10-11H,4-9H2,1-3H3,(H,17,18)(H2,15,16,19). The van der Waals surface area contributed by atoms with Crippen LogP contribution in [0.2, 0.25) is 0 Å². The lowest BCUT2D eigenvalue weighted by atomic mass is 9.75. The molecule has 0 bridgehead atoms. The smallest absolute Gasteiger partial charge is 0.329 e. The summed E-state index contributed by atoms with van der Waals surface area (Å²) in [7, 11) is 0. The van der Waals surface area contributed by atoms with Crippen LogP contribution in [-0.4, -0.2) is 40.7 Å². The fourth-order valence-corrected chi connectivity index (χ4v) is 2.80. The maximum atomic E-state index is 11.9. The van der Waals surface area contributed by atoms with E-state index in [1.54, 1.807) is 11.8 Å². The zero-order valence-corrected chi connectivity index (χ0v) is 13.4. The van der Waals surface area contributed by atoms with E-state index >= 15 is 0 Å². The third-order valence-electron chi connectivity index (χ3n) is 4.25. The predicted octanol–water partition coefficient (Wildman–Crippen LogP) is 2.46. The topological polar surface area (TPSA) is 78.4 Å².